The van der Waals surface area contributed by atoms with Crippen molar-refractivity contribution < 1.29 is 21.6 Å². The van der Waals surface area contributed by atoms with E-state index in [1.807, 2.05) is 0 Å². The van der Waals surface area contributed by atoms with Gasteiger partial charge in [0, 0.05) is 39.3 Å². The van der Waals surface area contributed by atoms with Crippen molar-refractivity contribution in [2.45, 2.75) is 31.6 Å². The van der Waals surface area contributed by atoms with Crippen LogP contribution >= 0.6 is 0 Å². The molecule has 2 aliphatic rings. The third-order valence-electron chi connectivity index (χ3n) is 5.41. The molecule has 1 aromatic rings. The van der Waals surface area contributed by atoms with Crippen LogP contribution in [0.4, 0.5) is 13.2 Å². The minimum absolute atomic E-state index is 0.110. The number of benzene rings is 1. The number of alkyl halides is 3. The average Bonchev–Trinajstić information content (AvgIpc) is 3.23. The molecule has 0 spiro atoms. The fourth-order valence-electron chi connectivity index (χ4n) is 3.81. The molecule has 2 heterocycles. The average molecular weight is 433 g/mol. The normalized spacial score (nSPS) is 25.3. The van der Waals surface area contributed by atoms with Gasteiger partial charge in [-0.25, -0.2) is 8.42 Å². The van der Waals surface area contributed by atoms with Gasteiger partial charge in [0.25, 0.3) is 0 Å². The quantitative estimate of drug-likeness (QED) is 0.549. The van der Waals surface area contributed by atoms with Crippen LogP contribution in [0.3, 0.4) is 0 Å². The Bertz CT molecular complexity index is 825. The van der Waals surface area contributed by atoms with E-state index in [2.05, 4.69) is 20.5 Å². The van der Waals surface area contributed by atoms with Gasteiger partial charge in [0.1, 0.15) is 0 Å². The molecule has 0 amide bonds. The molecule has 2 saturated heterocycles. The van der Waals surface area contributed by atoms with E-state index in [0.29, 0.717) is 25.5 Å². The lowest BCUT2D eigenvalue weighted by molar-refractivity contribution is -0.137. The summed E-state index contributed by atoms with van der Waals surface area (Å²) in [7, 11) is -1.21. The number of sulfone groups is 1. The first-order valence-electron chi connectivity index (χ1n) is 9.71. The van der Waals surface area contributed by atoms with Crippen LogP contribution in [0.1, 0.15) is 24.0 Å². The molecule has 162 valence electrons. The van der Waals surface area contributed by atoms with E-state index in [1.54, 1.807) is 7.05 Å². The molecule has 2 unspecified atom stereocenters. The van der Waals surface area contributed by atoms with E-state index < -0.39 is 21.6 Å². The first kappa shape index (κ1) is 21.9. The maximum Gasteiger partial charge on any atom is 0.416 e. The number of aliphatic imine (C=N–C) groups is 1. The first-order valence-corrected chi connectivity index (χ1v) is 11.5. The second-order valence-electron chi connectivity index (χ2n) is 7.78. The molecule has 29 heavy (non-hydrogen) atoms. The summed E-state index contributed by atoms with van der Waals surface area (Å²) in [4.78, 5) is 6.40. The lowest BCUT2D eigenvalue weighted by atomic mass is 10.1. The Morgan fingerprint density at radius 3 is 2.55 bits per heavy atom. The number of nitrogens with zero attached hydrogens (tertiary/aromatic N) is 2. The van der Waals surface area contributed by atoms with Gasteiger partial charge in [0.15, 0.2) is 15.8 Å². The first-order chi connectivity index (χ1) is 13.6. The molecule has 2 fully saturated rings. The summed E-state index contributed by atoms with van der Waals surface area (Å²) >= 11 is 0. The summed E-state index contributed by atoms with van der Waals surface area (Å²) in [5.41, 5.74) is 0.218. The van der Waals surface area contributed by atoms with Gasteiger partial charge < -0.3 is 10.6 Å². The van der Waals surface area contributed by atoms with Crippen molar-refractivity contribution >= 4 is 15.8 Å². The third kappa shape index (κ3) is 6.33. The highest BCUT2D eigenvalue weighted by Gasteiger charge is 2.30. The zero-order chi connectivity index (χ0) is 21.1. The minimum Gasteiger partial charge on any atom is -0.356 e. The smallest absolute Gasteiger partial charge is 0.356 e. The van der Waals surface area contributed by atoms with Gasteiger partial charge in [-0.15, -0.1) is 0 Å². The summed E-state index contributed by atoms with van der Waals surface area (Å²) < 4.78 is 61.1. The summed E-state index contributed by atoms with van der Waals surface area (Å²) in [6.45, 7) is 2.78. The largest absolute Gasteiger partial charge is 0.416 e. The fraction of sp³-hybridized carbons (Fsp3) is 0.632. The van der Waals surface area contributed by atoms with Crippen LogP contribution in [0.5, 0.6) is 0 Å². The van der Waals surface area contributed by atoms with Gasteiger partial charge in [-0.05, 0) is 36.5 Å². The van der Waals surface area contributed by atoms with Gasteiger partial charge in [0.2, 0.25) is 0 Å². The Morgan fingerprint density at radius 2 is 1.97 bits per heavy atom. The van der Waals surface area contributed by atoms with Crippen molar-refractivity contribution in [3.8, 4) is 0 Å². The maximum atomic E-state index is 12.7. The van der Waals surface area contributed by atoms with Gasteiger partial charge >= 0.3 is 6.18 Å². The van der Waals surface area contributed by atoms with Crippen LogP contribution in [-0.4, -0.2) is 63.5 Å². The Labute approximate surface area is 169 Å². The summed E-state index contributed by atoms with van der Waals surface area (Å²) in [6.07, 6.45) is -2.73. The number of nitrogens with one attached hydrogen (secondary N) is 2. The lowest BCUT2D eigenvalue weighted by Crippen LogP contribution is -2.46. The Hall–Kier alpha value is -1.81. The molecule has 2 N–H and O–H groups in total. The lowest BCUT2D eigenvalue weighted by Gasteiger charge is -2.20. The Balaban J connectivity index is 1.44. The molecule has 1 aromatic carbocycles. The predicted octanol–water partition coefficient (Wildman–Crippen LogP) is 1.88. The van der Waals surface area contributed by atoms with Crippen molar-refractivity contribution in [3.63, 3.8) is 0 Å². The summed E-state index contributed by atoms with van der Waals surface area (Å²) in [5.74, 6) is 1.24. The van der Waals surface area contributed by atoms with Gasteiger partial charge in [0.05, 0.1) is 17.1 Å². The molecular formula is C19H27F3N4O2S. The summed E-state index contributed by atoms with van der Waals surface area (Å²) in [5, 5.41) is 6.56. The van der Waals surface area contributed by atoms with E-state index in [1.165, 1.54) is 12.1 Å². The number of halogens is 3. The van der Waals surface area contributed by atoms with Crippen LogP contribution in [-0.2, 0) is 22.6 Å². The molecule has 2 atom stereocenters. The van der Waals surface area contributed by atoms with Crippen molar-refractivity contribution in [1.82, 2.24) is 15.5 Å². The molecule has 10 heteroatoms. The molecule has 0 aliphatic carbocycles. The number of hydrogen-bond acceptors (Lipinski definition) is 4. The molecular weight excluding hydrogens is 405 g/mol. The maximum absolute atomic E-state index is 12.7. The standard InChI is InChI=1S/C19H27F3N4O2S/c1-23-18(24-10-15-7-9-29(27,28)13-15)25-17-6-8-26(12-17)11-14-2-4-16(5-3-14)19(20,21)22/h2-5,15,17H,6-13H2,1H3,(H2,23,24,25). The van der Waals surface area contributed by atoms with E-state index in [-0.39, 0.29) is 23.5 Å². The monoisotopic (exact) mass is 432 g/mol. The second-order valence-corrected chi connectivity index (χ2v) is 10.0. The Kier molecular flexibility index (Phi) is 6.72. The Morgan fingerprint density at radius 1 is 1.24 bits per heavy atom. The van der Waals surface area contributed by atoms with E-state index in [0.717, 1.165) is 37.2 Å². The van der Waals surface area contributed by atoms with Crippen LogP contribution in [0.2, 0.25) is 0 Å². The number of likely N-dealkylation sites (tertiary alicyclic amines) is 1. The SMILES string of the molecule is CN=C(NCC1CCS(=O)(=O)C1)NC1CCN(Cc2ccc(C(F)(F)F)cc2)C1. The van der Waals surface area contributed by atoms with Crippen LogP contribution < -0.4 is 10.6 Å². The van der Waals surface area contributed by atoms with Crippen LogP contribution in [0.15, 0.2) is 29.3 Å². The van der Waals surface area contributed by atoms with E-state index in [9.17, 15) is 21.6 Å². The summed E-state index contributed by atoms with van der Waals surface area (Å²) in [6, 6.07) is 5.48. The molecule has 0 bridgehead atoms. The second kappa shape index (κ2) is 8.91. The highest BCUT2D eigenvalue weighted by Crippen LogP contribution is 2.29. The van der Waals surface area contributed by atoms with Gasteiger partial charge in [-0.3, -0.25) is 9.89 Å². The van der Waals surface area contributed by atoms with E-state index >= 15 is 0 Å². The van der Waals surface area contributed by atoms with Crippen LogP contribution in [0.25, 0.3) is 0 Å². The van der Waals surface area contributed by atoms with Crippen molar-refractivity contribution in [2.24, 2.45) is 10.9 Å². The van der Waals surface area contributed by atoms with E-state index in [4.69, 9.17) is 0 Å². The zero-order valence-electron chi connectivity index (χ0n) is 16.4. The van der Waals surface area contributed by atoms with Gasteiger partial charge in [-0.1, -0.05) is 12.1 Å². The highest BCUT2D eigenvalue weighted by molar-refractivity contribution is 7.91. The molecule has 6 nitrogen and oxygen atoms in total. The van der Waals surface area contributed by atoms with Gasteiger partial charge in [-0.2, -0.15) is 13.2 Å². The molecule has 0 aromatic heterocycles. The zero-order valence-corrected chi connectivity index (χ0v) is 17.2. The minimum atomic E-state index is -4.31. The predicted molar refractivity (Wildman–Crippen MR) is 106 cm³/mol. The number of hydrogen-bond donors (Lipinski definition) is 2. The molecule has 2 aliphatic heterocycles. The topological polar surface area (TPSA) is 73.8 Å². The van der Waals surface area contributed by atoms with Crippen LogP contribution in [0, 0.1) is 5.92 Å². The van der Waals surface area contributed by atoms with Crippen molar-refractivity contribution in [1.29, 1.82) is 0 Å². The third-order valence-corrected chi connectivity index (χ3v) is 7.25. The van der Waals surface area contributed by atoms with Crippen molar-refractivity contribution in [2.75, 3.05) is 38.2 Å². The molecule has 0 radical (unpaired) electrons. The fourth-order valence-corrected chi connectivity index (χ4v) is 5.68. The molecule has 3 rings (SSSR count). The molecule has 0 saturated carbocycles. The van der Waals surface area contributed by atoms with Crippen molar-refractivity contribution in [3.05, 3.63) is 35.4 Å². The number of guanidine groups is 1. The highest BCUT2D eigenvalue weighted by atomic mass is 32.2. The number of rotatable bonds is 5.